The first-order valence-corrected chi connectivity index (χ1v) is 9.11. The Kier molecular flexibility index (Phi) is 4.36. The van der Waals surface area contributed by atoms with E-state index in [-0.39, 0.29) is 5.41 Å². The zero-order chi connectivity index (χ0) is 18.9. The van der Waals surface area contributed by atoms with Crippen molar-refractivity contribution < 1.29 is 4.52 Å². The van der Waals surface area contributed by atoms with Crippen molar-refractivity contribution in [1.29, 1.82) is 0 Å². The molecule has 4 aromatic rings. The van der Waals surface area contributed by atoms with Crippen LogP contribution in [-0.2, 0) is 5.41 Å². The van der Waals surface area contributed by atoms with Crippen molar-refractivity contribution in [1.82, 2.24) is 10.1 Å². The van der Waals surface area contributed by atoms with E-state index in [4.69, 9.17) is 4.52 Å². The molecule has 0 aliphatic carbocycles. The maximum Gasteiger partial charge on any atom is 0.258 e. The van der Waals surface area contributed by atoms with E-state index < -0.39 is 0 Å². The van der Waals surface area contributed by atoms with Crippen LogP contribution >= 0.6 is 0 Å². The number of hydrogen-bond donors (Lipinski definition) is 0. The summed E-state index contributed by atoms with van der Waals surface area (Å²) in [5, 5.41) is 4.15. The first-order valence-electron chi connectivity index (χ1n) is 9.11. The van der Waals surface area contributed by atoms with Gasteiger partial charge in [0.05, 0.1) is 0 Å². The van der Waals surface area contributed by atoms with E-state index in [0.717, 1.165) is 16.7 Å². The Morgan fingerprint density at radius 3 is 1.81 bits per heavy atom. The minimum absolute atomic E-state index is 0.126. The van der Waals surface area contributed by atoms with E-state index in [0.29, 0.717) is 11.7 Å². The molecule has 0 radical (unpaired) electrons. The molecule has 1 heterocycles. The second-order valence-corrected chi connectivity index (χ2v) is 7.69. The average Bonchev–Trinajstić information content (AvgIpc) is 3.18. The van der Waals surface area contributed by atoms with Crippen LogP contribution in [0.15, 0.2) is 83.4 Å². The van der Waals surface area contributed by atoms with Crippen molar-refractivity contribution in [2.24, 2.45) is 0 Å². The Balaban J connectivity index is 1.57. The lowest BCUT2D eigenvalue weighted by molar-refractivity contribution is 0.432. The molecule has 1 aromatic heterocycles. The van der Waals surface area contributed by atoms with E-state index in [2.05, 4.69) is 67.3 Å². The van der Waals surface area contributed by atoms with Gasteiger partial charge in [-0.15, -0.1) is 0 Å². The van der Waals surface area contributed by atoms with Crippen LogP contribution in [0.2, 0.25) is 0 Å². The fourth-order valence-corrected chi connectivity index (χ4v) is 3.01. The monoisotopic (exact) mass is 354 g/mol. The number of hydrogen-bond acceptors (Lipinski definition) is 3. The Hall–Kier alpha value is -3.20. The fraction of sp³-hybridized carbons (Fsp3) is 0.167. The molecule has 0 spiro atoms. The van der Waals surface area contributed by atoms with E-state index in [9.17, 15) is 0 Å². The molecule has 134 valence electrons. The SMILES string of the molecule is CC(C)(C)c1ccc(-c2noc(-c3ccc(-c4ccccc4)cc3)n2)cc1. The summed E-state index contributed by atoms with van der Waals surface area (Å²) in [6, 6.07) is 26.8. The van der Waals surface area contributed by atoms with Crippen molar-refractivity contribution in [3.8, 4) is 34.0 Å². The lowest BCUT2D eigenvalue weighted by atomic mass is 9.87. The average molecular weight is 354 g/mol. The second kappa shape index (κ2) is 6.84. The van der Waals surface area contributed by atoms with Crippen LogP contribution < -0.4 is 0 Å². The molecule has 27 heavy (non-hydrogen) atoms. The quantitative estimate of drug-likeness (QED) is 0.429. The molecule has 0 aliphatic rings. The van der Waals surface area contributed by atoms with Gasteiger partial charge in [-0.25, -0.2) is 0 Å². The maximum atomic E-state index is 5.49. The van der Waals surface area contributed by atoms with Crippen LogP contribution in [0.4, 0.5) is 0 Å². The molecule has 0 unspecified atom stereocenters. The predicted octanol–water partition coefficient (Wildman–Crippen LogP) is 6.37. The van der Waals surface area contributed by atoms with Gasteiger partial charge in [0, 0.05) is 11.1 Å². The first-order chi connectivity index (χ1) is 13.0. The summed E-state index contributed by atoms with van der Waals surface area (Å²) in [6.07, 6.45) is 0. The highest BCUT2D eigenvalue weighted by Crippen LogP contribution is 2.27. The summed E-state index contributed by atoms with van der Waals surface area (Å²) in [6.45, 7) is 6.61. The fourth-order valence-electron chi connectivity index (χ4n) is 3.01. The Morgan fingerprint density at radius 2 is 1.19 bits per heavy atom. The van der Waals surface area contributed by atoms with Crippen LogP contribution in [-0.4, -0.2) is 10.1 Å². The van der Waals surface area contributed by atoms with Gasteiger partial charge in [-0.05, 0) is 34.2 Å². The predicted molar refractivity (Wildman–Crippen MR) is 109 cm³/mol. The summed E-state index contributed by atoms with van der Waals surface area (Å²) >= 11 is 0. The second-order valence-electron chi connectivity index (χ2n) is 7.69. The van der Waals surface area contributed by atoms with Crippen LogP contribution in [0, 0.1) is 0 Å². The molecule has 0 saturated heterocycles. The van der Waals surface area contributed by atoms with Crippen LogP contribution in [0.1, 0.15) is 26.3 Å². The molecule has 4 rings (SSSR count). The number of benzene rings is 3. The highest BCUT2D eigenvalue weighted by molar-refractivity contribution is 5.68. The van der Waals surface area contributed by atoms with Crippen LogP contribution in [0.3, 0.4) is 0 Å². The molecule has 0 bridgehead atoms. The molecular formula is C24H22N2O. The number of aromatic nitrogens is 2. The lowest BCUT2D eigenvalue weighted by Crippen LogP contribution is -2.10. The molecule has 0 aliphatic heterocycles. The molecular weight excluding hydrogens is 332 g/mol. The highest BCUT2D eigenvalue weighted by atomic mass is 16.5. The van der Waals surface area contributed by atoms with Gasteiger partial charge in [0.2, 0.25) is 5.82 Å². The molecule has 3 aromatic carbocycles. The Morgan fingerprint density at radius 1 is 0.630 bits per heavy atom. The molecule has 0 fully saturated rings. The maximum absolute atomic E-state index is 5.49. The van der Waals surface area contributed by atoms with E-state index >= 15 is 0 Å². The van der Waals surface area contributed by atoms with E-state index in [1.165, 1.54) is 11.1 Å². The number of nitrogens with zero attached hydrogens (tertiary/aromatic N) is 2. The van der Waals surface area contributed by atoms with Gasteiger partial charge in [-0.2, -0.15) is 4.98 Å². The molecule has 3 heteroatoms. The Bertz CT molecular complexity index is 1020. The summed E-state index contributed by atoms with van der Waals surface area (Å²) in [7, 11) is 0. The normalized spacial score (nSPS) is 11.5. The van der Waals surface area contributed by atoms with Crippen molar-refractivity contribution in [3.63, 3.8) is 0 Å². The van der Waals surface area contributed by atoms with Crippen molar-refractivity contribution in [3.05, 3.63) is 84.4 Å². The molecule has 0 saturated carbocycles. The van der Waals surface area contributed by atoms with Crippen molar-refractivity contribution in [2.45, 2.75) is 26.2 Å². The summed E-state index contributed by atoms with van der Waals surface area (Å²) in [5.74, 6) is 1.14. The largest absolute Gasteiger partial charge is 0.334 e. The van der Waals surface area contributed by atoms with Gasteiger partial charge in [-0.3, -0.25) is 0 Å². The Labute approximate surface area is 159 Å². The van der Waals surface area contributed by atoms with Gasteiger partial charge in [0.1, 0.15) is 0 Å². The minimum Gasteiger partial charge on any atom is -0.334 e. The third kappa shape index (κ3) is 3.68. The van der Waals surface area contributed by atoms with Gasteiger partial charge >= 0.3 is 0 Å². The highest BCUT2D eigenvalue weighted by Gasteiger charge is 2.15. The third-order valence-corrected chi connectivity index (χ3v) is 4.67. The first kappa shape index (κ1) is 17.2. The third-order valence-electron chi connectivity index (χ3n) is 4.67. The van der Waals surface area contributed by atoms with E-state index in [1.54, 1.807) is 0 Å². The summed E-state index contributed by atoms with van der Waals surface area (Å²) in [4.78, 5) is 4.57. The molecule has 0 amide bonds. The van der Waals surface area contributed by atoms with Gasteiger partial charge in [0.25, 0.3) is 5.89 Å². The standard InChI is InChI=1S/C24H22N2O/c1-24(2,3)21-15-13-19(14-16-21)22-25-23(27-26-22)20-11-9-18(10-12-20)17-7-5-4-6-8-17/h4-16H,1-3H3. The molecule has 0 N–H and O–H groups in total. The van der Waals surface area contributed by atoms with Gasteiger partial charge < -0.3 is 4.52 Å². The van der Waals surface area contributed by atoms with Crippen LogP contribution in [0.5, 0.6) is 0 Å². The van der Waals surface area contributed by atoms with Crippen molar-refractivity contribution >= 4 is 0 Å². The number of rotatable bonds is 3. The molecule has 3 nitrogen and oxygen atoms in total. The van der Waals surface area contributed by atoms with Crippen molar-refractivity contribution in [2.75, 3.05) is 0 Å². The minimum atomic E-state index is 0.126. The topological polar surface area (TPSA) is 38.9 Å². The molecule has 0 atom stereocenters. The smallest absolute Gasteiger partial charge is 0.258 e. The van der Waals surface area contributed by atoms with Crippen LogP contribution in [0.25, 0.3) is 34.0 Å². The lowest BCUT2D eigenvalue weighted by Gasteiger charge is -2.18. The summed E-state index contributed by atoms with van der Waals surface area (Å²) in [5.41, 5.74) is 5.64. The van der Waals surface area contributed by atoms with E-state index in [1.807, 2.05) is 42.5 Å². The van der Waals surface area contributed by atoms with Gasteiger partial charge in [-0.1, -0.05) is 92.7 Å². The zero-order valence-electron chi connectivity index (χ0n) is 15.8. The summed E-state index contributed by atoms with van der Waals surface area (Å²) < 4.78 is 5.49. The zero-order valence-corrected chi connectivity index (χ0v) is 15.8. The van der Waals surface area contributed by atoms with Gasteiger partial charge in [0.15, 0.2) is 0 Å².